The Kier molecular flexibility index (Phi) is 5.16. The number of anilines is 2. The Morgan fingerprint density at radius 2 is 2.20 bits per heavy atom. The molecule has 0 spiro atoms. The minimum Gasteiger partial charge on any atom is -0.383 e. The van der Waals surface area contributed by atoms with Crippen LogP contribution in [0.15, 0.2) is 23.8 Å². The average Bonchev–Trinajstić information content (AvgIpc) is 2.48. The first-order chi connectivity index (χ1) is 9.72. The van der Waals surface area contributed by atoms with Gasteiger partial charge in [0.15, 0.2) is 0 Å². The molecule has 0 radical (unpaired) electrons. The van der Waals surface area contributed by atoms with Crippen LogP contribution in [0, 0.1) is 5.82 Å². The molecule has 1 aromatic rings. The molecular formula is C15H19FN2O2. The Hall–Kier alpha value is -1.84. The van der Waals surface area contributed by atoms with Crippen molar-refractivity contribution in [3.8, 4) is 0 Å². The third-order valence-electron chi connectivity index (χ3n) is 3.30. The van der Waals surface area contributed by atoms with Crippen molar-refractivity contribution in [2.24, 2.45) is 0 Å². The van der Waals surface area contributed by atoms with Crippen LogP contribution in [0.2, 0.25) is 0 Å². The number of benzene rings is 1. The number of halogens is 1. The average molecular weight is 278 g/mol. The zero-order chi connectivity index (χ0) is 14.4. The molecule has 1 saturated heterocycles. The summed E-state index contributed by atoms with van der Waals surface area (Å²) >= 11 is 0. The molecule has 0 atom stereocenters. The highest BCUT2D eigenvalue weighted by molar-refractivity contribution is 5.71. The van der Waals surface area contributed by atoms with E-state index in [1.807, 2.05) is 16.9 Å². The van der Waals surface area contributed by atoms with E-state index in [1.165, 1.54) is 6.07 Å². The Morgan fingerprint density at radius 1 is 1.45 bits per heavy atom. The maximum absolute atomic E-state index is 14.1. The van der Waals surface area contributed by atoms with Crippen LogP contribution >= 0.6 is 0 Å². The molecule has 5 heteroatoms. The van der Waals surface area contributed by atoms with E-state index in [0.29, 0.717) is 50.5 Å². The maximum atomic E-state index is 14.1. The first-order valence-corrected chi connectivity index (χ1v) is 6.78. The molecule has 0 aromatic heterocycles. The van der Waals surface area contributed by atoms with Gasteiger partial charge in [0, 0.05) is 25.2 Å². The summed E-state index contributed by atoms with van der Waals surface area (Å²) in [5, 5.41) is 3.19. The van der Waals surface area contributed by atoms with Gasteiger partial charge in [0.2, 0.25) is 0 Å². The molecule has 1 N–H and O–H groups in total. The summed E-state index contributed by atoms with van der Waals surface area (Å²) in [6.07, 6.45) is 0.600. The zero-order valence-corrected chi connectivity index (χ0v) is 11.6. The van der Waals surface area contributed by atoms with Crippen molar-refractivity contribution in [3.63, 3.8) is 0 Å². The second kappa shape index (κ2) is 7.08. The van der Waals surface area contributed by atoms with Gasteiger partial charge in [0.05, 0.1) is 24.6 Å². The number of nitrogens with zero attached hydrogens (tertiary/aromatic N) is 1. The number of carbonyl (C=O) groups excluding carboxylic acids is 1. The van der Waals surface area contributed by atoms with Crippen LogP contribution in [0.3, 0.4) is 0 Å². The van der Waals surface area contributed by atoms with Crippen LogP contribution < -0.4 is 10.2 Å². The van der Waals surface area contributed by atoms with Gasteiger partial charge in [0.1, 0.15) is 11.8 Å². The molecule has 0 amide bonds. The summed E-state index contributed by atoms with van der Waals surface area (Å²) in [7, 11) is 0. The van der Waals surface area contributed by atoms with Crippen molar-refractivity contribution >= 4 is 17.3 Å². The Bertz CT molecular complexity index is 507. The van der Waals surface area contributed by atoms with E-state index in [2.05, 4.69) is 5.32 Å². The van der Waals surface area contributed by atoms with E-state index in [1.54, 1.807) is 13.0 Å². The van der Waals surface area contributed by atoms with E-state index in [4.69, 9.17) is 4.74 Å². The van der Waals surface area contributed by atoms with E-state index < -0.39 is 0 Å². The molecule has 1 aliphatic heterocycles. The lowest BCUT2D eigenvalue weighted by molar-refractivity contribution is 0.122. The third kappa shape index (κ3) is 3.59. The van der Waals surface area contributed by atoms with Gasteiger partial charge < -0.3 is 15.0 Å². The van der Waals surface area contributed by atoms with E-state index in [0.717, 1.165) is 5.69 Å². The summed E-state index contributed by atoms with van der Waals surface area (Å²) < 4.78 is 19.4. The highest BCUT2D eigenvalue weighted by Gasteiger charge is 2.18. The van der Waals surface area contributed by atoms with Gasteiger partial charge in [-0.3, -0.25) is 0 Å². The fraction of sp³-hybridized carbons (Fsp3) is 0.467. The molecular weight excluding hydrogens is 259 g/mol. The quantitative estimate of drug-likeness (QED) is 0.839. The number of ether oxygens (including phenoxy) is 1. The van der Waals surface area contributed by atoms with Crippen LogP contribution in [0.1, 0.15) is 13.3 Å². The SMILES string of the molecule is CC(=C=O)CCNc1cccc(F)c1N1CCOCC1. The summed E-state index contributed by atoms with van der Waals surface area (Å²) in [6.45, 7) is 4.91. The molecule has 0 bridgehead atoms. The number of para-hydroxylation sites is 1. The first-order valence-electron chi connectivity index (χ1n) is 6.78. The van der Waals surface area contributed by atoms with Crippen molar-refractivity contribution in [3.05, 3.63) is 29.6 Å². The number of rotatable bonds is 5. The molecule has 108 valence electrons. The zero-order valence-electron chi connectivity index (χ0n) is 11.6. The smallest absolute Gasteiger partial charge is 0.148 e. The fourth-order valence-corrected chi connectivity index (χ4v) is 2.20. The predicted molar refractivity (Wildman–Crippen MR) is 77.4 cm³/mol. The van der Waals surface area contributed by atoms with E-state index >= 15 is 0 Å². The summed E-state index contributed by atoms with van der Waals surface area (Å²) in [5.41, 5.74) is 2.00. The van der Waals surface area contributed by atoms with Gasteiger partial charge in [-0.2, -0.15) is 0 Å². The van der Waals surface area contributed by atoms with Crippen molar-refractivity contribution < 1.29 is 13.9 Å². The number of morpholine rings is 1. The largest absolute Gasteiger partial charge is 0.383 e. The van der Waals surface area contributed by atoms with Crippen LogP contribution in [0.5, 0.6) is 0 Å². The van der Waals surface area contributed by atoms with Gasteiger partial charge in [0.25, 0.3) is 0 Å². The highest BCUT2D eigenvalue weighted by atomic mass is 19.1. The highest BCUT2D eigenvalue weighted by Crippen LogP contribution is 2.29. The minimum absolute atomic E-state index is 0.237. The molecule has 0 unspecified atom stereocenters. The second-order valence-corrected chi connectivity index (χ2v) is 4.79. The summed E-state index contributed by atoms with van der Waals surface area (Å²) in [5.74, 6) is 1.63. The van der Waals surface area contributed by atoms with Crippen LogP contribution in [-0.2, 0) is 9.53 Å². The van der Waals surface area contributed by atoms with Gasteiger partial charge in [-0.05, 0) is 25.5 Å². The Balaban J connectivity index is 2.11. The van der Waals surface area contributed by atoms with Crippen LogP contribution in [0.4, 0.5) is 15.8 Å². The van der Waals surface area contributed by atoms with Crippen LogP contribution in [0.25, 0.3) is 0 Å². The van der Waals surface area contributed by atoms with Crippen molar-refractivity contribution in [1.29, 1.82) is 0 Å². The van der Waals surface area contributed by atoms with E-state index in [9.17, 15) is 9.18 Å². The number of hydrogen-bond donors (Lipinski definition) is 1. The molecule has 1 heterocycles. The van der Waals surface area contributed by atoms with Gasteiger partial charge in [-0.15, -0.1) is 0 Å². The van der Waals surface area contributed by atoms with Gasteiger partial charge in [-0.1, -0.05) is 6.07 Å². The Labute approximate surface area is 118 Å². The number of hydrogen-bond acceptors (Lipinski definition) is 4. The second-order valence-electron chi connectivity index (χ2n) is 4.79. The molecule has 20 heavy (non-hydrogen) atoms. The molecule has 0 saturated carbocycles. The standard InChI is InChI=1S/C15H19FN2O2/c1-12(11-19)5-6-17-14-4-2-3-13(16)15(14)18-7-9-20-10-8-18/h2-4,17H,5-10H2,1H3. The van der Waals surface area contributed by atoms with Crippen molar-refractivity contribution in [2.75, 3.05) is 43.1 Å². The van der Waals surface area contributed by atoms with Gasteiger partial charge >= 0.3 is 0 Å². The van der Waals surface area contributed by atoms with Crippen molar-refractivity contribution in [1.82, 2.24) is 0 Å². The fourth-order valence-electron chi connectivity index (χ4n) is 2.20. The lowest BCUT2D eigenvalue weighted by Crippen LogP contribution is -2.37. The summed E-state index contributed by atoms with van der Waals surface area (Å²) in [4.78, 5) is 12.4. The topological polar surface area (TPSA) is 41.6 Å². The molecule has 0 aliphatic carbocycles. The lowest BCUT2D eigenvalue weighted by atomic mass is 10.2. The minimum atomic E-state index is -0.237. The molecule has 4 nitrogen and oxygen atoms in total. The molecule has 2 rings (SSSR count). The molecule has 1 aliphatic rings. The van der Waals surface area contributed by atoms with Crippen molar-refractivity contribution in [2.45, 2.75) is 13.3 Å². The normalized spacial score (nSPS) is 14.8. The predicted octanol–water partition coefficient (Wildman–Crippen LogP) is 2.24. The molecule has 1 fully saturated rings. The lowest BCUT2D eigenvalue weighted by Gasteiger charge is -2.31. The molecule has 1 aromatic carbocycles. The number of nitrogens with one attached hydrogen (secondary N) is 1. The van der Waals surface area contributed by atoms with E-state index in [-0.39, 0.29) is 5.82 Å². The monoisotopic (exact) mass is 278 g/mol. The third-order valence-corrected chi connectivity index (χ3v) is 3.30. The maximum Gasteiger partial charge on any atom is 0.148 e. The first kappa shape index (κ1) is 14.6. The van der Waals surface area contributed by atoms with Gasteiger partial charge in [-0.25, -0.2) is 9.18 Å². The van der Waals surface area contributed by atoms with Crippen LogP contribution in [-0.4, -0.2) is 38.8 Å². The Morgan fingerprint density at radius 3 is 2.90 bits per heavy atom. The summed E-state index contributed by atoms with van der Waals surface area (Å²) in [6, 6.07) is 5.00.